The second-order valence-electron chi connectivity index (χ2n) is 6.45. The quantitative estimate of drug-likeness (QED) is 0.541. The van der Waals surface area contributed by atoms with E-state index in [1.807, 2.05) is 0 Å². The van der Waals surface area contributed by atoms with Crippen molar-refractivity contribution in [2.24, 2.45) is 0 Å². The minimum Gasteiger partial charge on any atom is -0.435 e. The van der Waals surface area contributed by atoms with Crippen molar-refractivity contribution in [3.8, 4) is 17.0 Å². The molecule has 1 amide bonds. The van der Waals surface area contributed by atoms with Crippen LogP contribution in [0, 0.1) is 6.92 Å². The van der Waals surface area contributed by atoms with Crippen LogP contribution in [0.3, 0.4) is 0 Å². The number of aryl methyl sites for hydroxylation is 1. The third-order valence-electron chi connectivity index (χ3n) is 4.21. The lowest BCUT2D eigenvalue weighted by molar-refractivity contribution is -0.116. The van der Waals surface area contributed by atoms with Crippen molar-refractivity contribution < 1.29 is 26.7 Å². The normalized spacial score (nSPS) is 11.7. The van der Waals surface area contributed by atoms with Crippen LogP contribution in [0.25, 0.3) is 11.3 Å². The summed E-state index contributed by atoms with van der Waals surface area (Å²) in [6.45, 7) is -1.49. The van der Waals surface area contributed by atoms with Crippen molar-refractivity contribution in [3.63, 3.8) is 0 Å². The molecule has 3 rings (SSSR count). The molecule has 3 aromatic rings. The van der Waals surface area contributed by atoms with Crippen molar-refractivity contribution in [1.82, 2.24) is 9.29 Å². The Kier molecular flexibility index (Phi) is 6.98. The van der Waals surface area contributed by atoms with Crippen LogP contribution in [-0.2, 0) is 14.8 Å². The number of ether oxygens (including phenoxy) is 1. The van der Waals surface area contributed by atoms with E-state index in [1.165, 1.54) is 42.6 Å². The topological polar surface area (TPSA) is 88.6 Å². The van der Waals surface area contributed by atoms with Crippen LogP contribution in [0.5, 0.6) is 5.75 Å². The van der Waals surface area contributed by atoms with Crippen LogP contribution in [-0.4, -0.2) is 43.8 Å². The average Bonchev–Trinajstić information content (AvgIpc) is 3.08. The maximum absolute atomic E-state index is 12.5. The van der Waals surface area contributed by atoms with Gasteiger partial charge in [0.15, 0.2) is 5.13 Å². The first-order chi connectivity index (χ1) is 14.7. The summed E-state index contributed by atoms with van der Waals surface area (Å²) in [5.41, 5.74) is 1.24. The number of aromatic nitrogens is 1. The molecule has 1 aromatic heterocycles. The van der Waals surface area contributed by atoms with E-state index in [1.54, 1.807) is 37.3 Å². The molecule has 0 aliphatic rings. The third kappa shape index (κ3) is 5.63. The summed E-state index contributed by atoms with van der Waals surface area (Å²) in [5, 5.41) is 2.91. The molecule has 0 saturated heterocycles. The maximum atomic E-state index is 12.5. The van der Waals surface area contributed by atoms with Crippen molar-refractivity contribution in [2.45, 2.75) is 18.4 Å². The van der Waals surface area contributed by atoms with Gasteiger partial charge in [-0.05, 0) is 43.3 Å². The number of alkyl halides is 2. The highest BCUT2D eigenvalue weighted by Crippen LogP contribution is 2.31. The number of likely N-dealkylation sites (N-methyl/N-ethyl adjacent to an activating group) is 1. The zero-order chi connectivity index (χ0) is 22.6. The number of rotatable bonds is 8. The van der Waals surface area contributed by atoms with E-state index >= 15 is 0 Å². The smallest absolute Gasteiger partial charge is 0.387 e. The van der Waals surface area contributed by atoms with Gasteiger partial charge in [0.1, 0.15) is 5.75 Å². The first kappa shape index (κ1) is 22.8. The number of thiazole rings is 1. The van der Waals surface area contributed by atoms with E-state index in [4.69, 9.17) is 0 Å². The van der Waals surface area contributed by atoms with Crippen LogP contribution < -0.4 is 10.1 Å². The molecule has 0 unspecified atom stereocenters. The number of amides is 1. The van der Waals surface area contributed by atoms with Gasteiger partial charge in [0, 0.05) is 17.5 Å². The Bertz CT molecular complexity index is 1150. The van der Waals surface area contributed by atoms with Gasteiger partial charge in [0.2, 0.25) is 15.9 Å². The molecule has 0 atom stereocenters. The van der Waals surface area contributed by atoms with Crippen LogP contribution in [0.15, 0.2) is 59.5 Å². The summed E-state index contributed by atoms with van der Waals surface area (Å²) in [7, 11) is -2.47. The van der Waals surface area contributed by atoms with Gasteiger partial charge in [-0.2, -0.15) is 13.1 Å². The zero-order valence-corrected chi connectivity index (χ0v) is 18.2. The van der Waals surface area contributed by atoms with Crippen LogP contribution in [0.4, 0.5) is 13.9 Å². The highest BCUT2D eigenvalue weighted by atomic mass is 32.2. The van der Waals surface area contributed by atoms with Crippen molar-refractivity contribution >= 4 is 32.4 Å². The molecule has 31 heavy (non-hydrogen) atoms. The lowest BCUT2D eigenvalue weighted by Gasteiger charge is -2.16. The summed E-state index contributed by atoms with van der Waals surface area (Å²) >= 11 is 1.22. The number of hydrogen-bond donors (Lipinski definition) is 1. The van der Waals surface area contributed by atoms with Gasteiger partial charge < -0.3 is 10.1 Å². The highest BCUT2D eigenvalue weighted by Gasteiger charge is 2.23. The Labute approximate surface area is 182 Å². The number of carbonyl (C=O) groups excluding carboxylic acids is 1. The van der Waals surface area contributed by atoms with Crippen molar-refractivity contribution in [1.29, 1.82) is 0 Å². The fourth-order valence-corrected chi connectivity index (χ4v) is 4.73. The first-order valence-corrected chi connectivity index (χ1v) is 11.3. The average molecular weight is 468 g/mol. The SMILES string of the molecule is Cc1sc(NC(=O)CN(C)S(=O)(=O)c2ccccc2)nc1-c1ccc(OC(F)F)cc1. The molecule has 2 aromatic carbocycles. The molecule has 0 bridgehead atoms. The molecule has 1 heterocycles. The maximum Gasteiger partial charge on any atom is 0.387 e. The van der Waals surface area contributed by atoms with Crippen LogP contribution >= 0.6 is 11.3 Å². The fourth-order valence-electron chi connectivity index (χ4n) is 2.73. The molecular formula is C20H19F2N3O4S2. The molecule has 11 heteroatoms. The fraction of sp³-hybridized carbons (Fsp3) is 0.200. The largest absolute Gasteiger partial charge is 0.435 e. The van der Waals surface area contributed by atoms with Gasteiger partial charge in [0.05, 0.1) is 17.1 Å². The monoisotopic (exact) mass is 467 g/mol. The van der Waals surface area contributed by atoms with Gasteiger partial charge in [-0.1, -0.05) is 18.2 Å². The Morgan fingerprint density at radius 1 is 1.16 bits per heavy atom. The summed E-state index contributed by atoms with van der Waals surface area (Å²) in [5.74, 6) is -0.509. The number of benzene rings is 2. The summed E-state index contributed by atoms with van der Waals surface area (Å²) in [6, 6.07) is 13.8. The number of hydrogen-bond acceptors (Lipinski definition) is 6. The van der Waals surface area contributed by atoms with E-state index in [-0.39, 0.29) is 17.2 Å². The first-order valence-electron chi connectivity index (χ1n) is 9.00. The van der Waals surface area contributed by atoms with Gasteiger partial charge in [-0.15, -0.1) is 11.3 Å². The van der Waals surface area contributed by atoms with Crippen molar-refractivity contribution in [2.75, 3.05) is 18.9 Å². The Morgan fingerprint density at radius 2 is 1.81 bits per heavy atom. The van der Waals surface area contributed by atoms with Crippen LogP contribution in [0.1, 0.15) is 4.88 Å². The number of nitrogens with zero attached hydrogens (tertiary/aromatic N) is 2. The predicted molar refractivity (Wildman–Crippen MR) is 114 cm³/mol. The molecule has 0 fully saturated rings. The Morgan fingerprint density at radius 3 is 2.42 bits per heavy atom. The summed E-state index contributed by atoms with van der Waals surface area (Å²) in [4.78, 5) is 17.6. The second kappa shape index (κ2) is 9.50. The minimum atomic E-state index is -3.79. The molecule has 164 valence electrons. The zero-order valence-electron chi connectivity index (χ0n) is 16.6. The highest BCUT2D eigenvalue weighted by molar-refractivity contribution is 7.89. The minimum absolute atomic E-state index is 0.0304. The summed E-state index contributed by atoms with van der Waals surface area (Å²) in [6.07, 6.45) is 0. The third-order valence-corrected chi connectivity index (χ3v) is 6.92. The van der Waals surface area contributed by atoms with Gasteiger partial charge in [-0.25, -0.2) is 13.4 Å². The lowest BCUT2D eigenvalue weighted by atomic mass is 10.1. The molecule has 0 radical (unpaired) electrons. The molecule has 7 nitrogen and oxygen atoms in total. The molecule has 0 spiro atoms. The van der Waals surface area contributed by atoms with E-state index < -0.39 is 22.5 Å². The number of carbonyl (C=O) groups is 1. The van der Waals surface area contributed by atoms with E-state index in [0.717, 1.165) is 9.18 Å². The number of halogens is 2. The van der Waals surface area contributed by atoms with Crippen LogP contribution in [0.2, 0.25) is 0 Å². The second-order valence-corrected chi connectivity index (χ2v) is 9.70. The molecule has 0 saturated carbocycles. The van der Waals surface area contributed by atoms with Gasteiger partial charge in [-0.3, -0.25) is 4.79 Å². The molecule has 1 N–H and O–H groups in total. The molecule has 0 aliphatic heterocycles. The van der Waals surface area contributed by atoms with E-state index in [2.05, 4.69) is 15.0 Å². The lowest BCUT2D eigenvalue weighted by Crippen LogP contribution is -2.34. The van der Waals surface area contributed by atoms with E-state index in [9.17, 15) is 22.0 Å². The van der Waals surface area contributed by atoms with Gasteiger partial charge in [0.25, 0.3) is 0 Å². The number of anilines is 1. The molecular weight excluding hydrogens is 448 g/mol. The van der Waals surface area contributed by atoms with Crippen molar-refractivity contribution in [3.05, 3.63) is 59.5 Å². The molecule has 0 aliphatic carbocycles. The Hall–Kier alpha value is -2.89. The Balaban J connectivity index is 1.67. The number of sulfonamides is 1. The van der Waals surface area contributed by atoms with E-state index in [0.29, 0.717) is 16.4 Å². The number of nitrogens with one attached hydrogen (secondary N) is 1. The van der Waals surface area contributed by atoms with Gasteiger partial charge >= 0.3 is 6.61 Å². The predicted octanol–water partition coefficient (Wildman–Crippen LogP) is 3.98. The summed E-state index contributed by atoms with van der Waals surface area (Å²) < 4.78 is 54.9. The standard InChI is InChI=1S/C20H19F2N3O4S2/c1-13-18(14-8-10-15(11-9-14)29-19(21)22)24-20(30-13)23-17(26)12-25(2)31(27,28)16-6-4-3-5-7-16/h3-11,19H,12H2,1-2H3,(H,23,24,26).